The van der Waals surface area contributed by atoms with Gasteiger partial charge in [-0.15, -0.1) is 0 Å². The van der Waals surface area contributed by atoms with Crippen molar-refractivity contribution in [3.63, 3.8) is 0 Å². The van der Waals surface area contributed by atoms with Crippen LogP contribution in [0.25, 0.3) is 0 Å². The van der Waals surface area contributed by atoms with E-state index in [1.807, 2.05) is 41.5 Å². The second-order valence-corrected chi connectivity index (χ2v) is 7.02. The lowest BCUT2D eigenvalue weighted by molar-refractivity contribution is 0.0574. The van der Waals surface area contributed by atoms with Gasteiger partial charge in [0.05, 0.1) is 11.2 Å². The van der Waals surface area contributed by atoms with E-state index in [1.54, 1.807) is 0 Å². The van der Waals surface area contributed by atoms with Gasteiger partial charge in [0.25, 0.3) is 8.53 Å². The zero-order valence-corrected chi connectivity index (χ0v) is 13.5. The fraction of sp³-hybridized carbons (Fsp3) is 1.00. The summed E-state index contributed by atoms with van der Waals surface area (Å²) in [5.41, 5.74) is -0.422. The molecule has 0 saturated carbocycles. The maximum atomic E-state index is 5.94. The van der Waals surface area contributed by atoms with Crippen LogP contribution in [0, 0.1) is 0 Å². The summed E-state index contributed by atoms with van der Waals surface area (Å²) in [6.45, 7) is 18.3. The predicted octanol–water partition coefficient (Wildman–Crippen LogP) is 3.69. The van der Waals surface area contributed by atoms with Crippen LogP contribution in [0.4, 0.5) is 0 Å². The van der Waals surface area contributed by atoms with Gasteiger partial charge >= 0.3 is 0 Å². The molecule has 0 atom stereocenters. The summed E-state index contributed by atoms with van der Waals surface area (Å²) in [5, 5.41) is 5.42. The van der Waals surface area contributed by atoms with Gasteiger partial charge in [0.1, 0.15) is 0 Å². The number of hydrogen-bond acceptors (Lipinski definition) is 4. The molecule has 0 heterocycles. The van der Waals surface area contributed by atoms with Gasteiger partial charge in [0.15, 0.2) is 0 Å². The summed E-state index contributed by atoms with van der Waals surface area (Å²) >= 11 is 0. The fourth-order valence-corrected chi connectivity index (χ4v) is 2.67. The minimum Gasteiger partial charge on any atom is -0.315 e. The molecule has 0 aromatic carbocycles. The molecule has 0 amide bonds. The molecule has 104 valence electrons. The minimum atomic E-state index is -1.11. The second kappa shape index (κ2) is 7.01. The van der Waals surface area contributed by atoms with Crippen LogP contribution in [-0.4, -0.2) is 29.3 Å². The van der Waals surface area contributed by atoms with Crippen LogP contribution < -0.4 is 5.20 Å². The Kier molecular flexibility index (Phi) is 7.12. The van der Waals surface area contributed by atoms with Gasteiger partial charge in [0.2, 0.25) is 0 Å². The van der Waals surface area contributed by atoms with E-state index in [-0.39, 0.29) is 11.2 Å². The van der Waals surface area contributed by atoms with Crippen molar-refractivity contribution in [1.29, 1.82) is 0 Å². The first-order valence-electron chi connectivity index (χ1n) is 6.27. The molecule has 0 aromatic heterocycles. The highest BCUT2D eigenvalue weighted by molar-refractivity contribution is 7.44. The van der Waals surface area contributed by atoms with Gasteiger partial charge in [-0.1, -0.05) is 13.8 Å². The average Bonchev–Trinajstić information content (AvgIpc) is 2.08. The Morgan fingerprint density at radius 1 is 0.882 bits per heavy atom. The fourth-order valence-electron chi connectivity index (χ4n) is 1.04. The van der Waals surface area contributed by atoms with Crippen LogP contribution in [-0.2, 0) is 9.05 Å². The SMILES string of the molecule is CCN(CC)NP(OC(C)(C)C)OC(C)(C)C. The van der Waals surface area contributed by atoms with E-state index >= 15 is 0 Å². The zero-order valence-electron chi connectivity index (χ0n) is 12.6. The molecule has 0 bridgehead atoms. The lowest BCUT2D eigenvalue weighted by Crippen LogP contribution is -2.37. The van der Waals surface area contributed by atoms with Crippen LogP contribution in [0.1, 0.15) is 55.4 Å². The van der Waals surface area contributed by atoms with Gasteiger partial charge in [-0.2, -0.15) is 5.20 Å². The molecule has 1 N–H and O–H groups in total. The molecule has 5 heteroatoms. The van der Waals surface area contributed by atoms with Crippen molar-refractivity contribution in [1.82, 2.24) is 10.2 Å². The maximum absolute atomic E-state index is 5.94. The van der Waals surface area contributed by atoms with Gasteiger partial charge in [-0.25, -0.2) is 5.01 Å². The Labute approximate surface area is 108 Å². The van der Waals surface area contributed by atoms with Crippen molar-refractivity contribution in [3.8, 4) is 0 Å². The van der Waals surface area contributed by atoms with Crippen LogP contribution in [0.3, 0.4) is 0 Å². The summed E-state index contributed by atoms with van der Waals surface area (Å²) in [4.78, 5) is 0. The van der Waals surface area contributed by atoms with E-state index in [9.17, 15) is 0 Å². The van der Waals surface area contributed by atoms with Crippen molar-refractivity contribution < 1.29 is 9.05 Å². The van der Waals surface area contributed by atoms with Crippen LogP contribution in [0.2, 0.25) is 0 Å². The standard InChI is InChI=1S/C12H29N2O2P/c1-9-14(10-2)13-17(15-11(3,4)5)16-12(6,7)8/h13H,9-10H2,1-8H3. The lowest BCUT2D eigenvalue weighted by atomic mass is 10.2. The summed E-state index contributed by atoms with van der Waals surface area (Å²) < 4.78 is 11.9. The quantitative estimate of drug-likeness (QED) is 0.586. The number of nitrogens with zero attached hydrogens (tertiary/aromatic N) is 1. The van der Waals surface area contributed by atoms with Gasteiger partial charge in [-0.3, -0.25) is 0 Å². The van der Waals surface area contributed by atoms with E-state index in [0.29, 0.717) is 0 Å². The van der Waals surface area contributed by atoms with E-state index in [2.05, 4.69) is 24.1 Å². The van der Waals surface area contributed by atoms with Crippen LogP contribution >= 0.6 is 8.53 Å². The van der Waals surface area contributed by atoms with Crippen molar-refractivity contribution in [2.75, 3.05) is 13.1 Å². The molecule has 0 fully saturated rings. The lowest BCUT2D eigenvalue weighted by Gasteiger charge is -2.34. The Morgan fingerprint density at radius 2 is 1.24 bits per heavy atom. The van der Waals surface area contributed by atoms with E-state index in [4.69, 9.17) is 9.05 Å². The highest BCUT2D eigenvalue weighted by Gasteiger charge is 2.26. The first-order valence-corrected chi connectivity index (χ1v) is 7.44. The molecule has 0 aliphatic carbocycles. The normalized spacial score (nSPS) is 13.8. The topological polar surface area (TPSA) is 33.7 Å². The highest BCUT2D eigenvalue weighted by Crippen LogP contribution is 2.42. The first-order chi connectivity index (χ1) is 7.57. The van der Waals surface area contributed by atoms with Crippen molar-refractivity contribution >= 4 is 8.53 Å². The molecule has 0 saturated heterocycles. The zero-order chi connectivity index (χ0) is 13.7. The van der Waals surface area contributed by atoms with E-state index in [0.717, 1.165) is 13.1 Å². The van der Waals surface area contributed by atoms with E-state index < -0.39 is 8.53 Å². The Morgan fingerprint density at radius 3 is 1.47 bits per heavy atom. The van der Waals surface area contributed by atoms with Crippen LogP contribution in [0.5, 0.6) is 0 Å². The van der Waals surface area contributed by atoms with Crippen molar-refractivity contribution in [2.45, 2.75) is 66.6 Å². The van der Waals surface area contributed by atoms with Crippen LogP contribution in [0.15, 0.2) is 0 Å². The average molecular weight is 264 g/mol. The number of hydrazine groups is 1. The molecule has 0 radical (unpaired) electrons. The summed E-state index contributed by atoms with van der Waals surface area (Å²) in [7, 11) is -1.11. The third kappa shape index (κ3) is 9.93. The Hall–Kier alpha value is 0.270. The summed E-state index contributed by atoms with van der Waals surface area (Å²) in [6, 6.07) is 0. The van der Waals surface area contributed by atoms with Crippen molar-refractivity contribution in [2.24, 2.45) is 0 Å². The largest absolute Gasteiger partial charge is 0.315 e. The third-order valence-corrected chi connectivity index (χ3v) is 3.57. The highest BCUT2D eigenvalue weighted by atomic mass is 31.2. The molecule has 4 nitrogen and oxygen atoms in total. The molecule has 0 aliphatic rings. The molecular weight excluding hydrogens is 235 g/mol. The van der Waals surface area contributed by atoms with Gasteiger partial charge < -0.3 is 9.05 Å². The smallest absolute Gasteiger partial charge is 0.271 e. The molecule has 0 aromatic rings. The second-order valence-electron chi connectivity index (χ2n) is 5.94. The number of rotatable bonds is 6. The molecule has 0 aliphatic heterocycles. The molecule has 0 rings (SSSR count). The van der Waals surface area contributed by atoms with E-state index in [1.165, 1.54) is 0 Å². The summed E-state index contributed by atoms with van der Waals surface area (Å²) in [6.07, 6.45) is 0. The monoisotopic (exact) mass is 264 g/mol. The number of nitrogens with one attached hydrogen (secondary N) is 1. The maximum Gasteiger partial charge on any atom is 0.271 e. The number of hydrogen-bond donors (Lipinski definition) is 1. The molecule has 0 spiro atoms. The van der Waals surface area contributed by atoms with Crippen molar-refractivity contribution in [3.05, 3.63) is 0 Å². The Bertz CT molecular complexity index is 192. The minimum absolute atomic E-state index is 0.211. The molecule has 0 unspecified atom stereocenters. The molecule has 17 heavy (non-hydrogen) atoms. The third-order valence-electron chi connectivity index (χ3n) is 1.70. The van der Waals surface area contributed by atoms with Gasteiger partial charge in [-0.05, 0) is 41.5 Å². The summed E-state index contributed by atoms with van der Waals surface area (Å²) in [5.74, 6) is 0. The predicted molar refractivity (Wildman–Crippen MR) is 74.7 cm³/mol. The van der Waals surface area contributed by atoms with Gasteiger partial charge in [0, 0.05) is 13.1 Å². The molecular formula is C12H29N2O2P. The Balaban J connectivity index is 4.50. The first kappa shape index (κ1) is 17.3.